The molecule has 8 heteroatoms. The number of nitrogens with zero attached hydrogens (tertiary/aromatic N) is 1. The molecule has 1 saturated heterocycles. The fourth-order valence-corrected chi connectivity index (χ4v) is 5.25. The van der Waals surface area contributed by atoms with Gasteiger partial charge in [0, 0.05) is 37.4 Å². The van der Waals surface area contributed by atoms with Crippen molar-refractivity contribution < 1.29 is 32.5 Å². The maximum absolute atomic E-state index is 15.5. The van der Waals surface area contributed by atoms with Crippen LogP contribution in [-0.4, -0.2) is 53.5 Å². The second kappa shape index (κ2) is 10.8. The quantitative estimate of drug-likeness (QED) is 0.504. The maximum atomic E-state index is 15.5. The summed E-state index contributed by atoms with van der Waals surface area (Å²) in [5.41, 5.74) is 0.179. The van der Waals surface area contributed by atoms with Gasteiger partial charge in [0.1, 0.15) is 29.2 Å². The first kappa shape index (κ1) is 26.5. The third kappa shape index (κ3) is 6.21. The van der Waals surface area contributed by atoms with E-state index in [4.69, 9.17) is 14.6 Å². The van der Waals surface area contributed by atoms with E-state index in [1.54, 1.807) is 0 Å². The van der Waals surface area contributed by atoms with Gasteiger partial charge in [-0.2, -0.15) is 0 Å². The minimum absolute atomic E-state index is 0.00174. The third-order valence-electron chi connectivity index (χ3n) is 6.89. The topological polar surface area (TPSA) is 59.0 Å². The summed E-state index contributed by atoms with van der Waals surface area (Å²) in [6.07, 6.45) is 2.06. The van der Waals surface area contributed by atoms with Crippen LogP contribution in [0.4, 0.5) is 13.2 Å². The Balaban J connectivity index is 1.73. The Bertz CT molecular complexity index is 1070. The van der Waals surface area contributed by atoms with Gasteiger partial charge in [-0.1, -0.05) is 6.07 Å². The van der Waals surface area contributed by atoms with Gasteiger partial charge in [0.2, 0.25) is 0 Å². The minimum atomic E-state index is -1.58. The van der Waals surface area contributed by atoms with Gasteiger partial charge in [0.15, 0.2) is 0 Å². The molecule has 0 amide bonds. The standard InChI is InChI=1S/C28H34F3NO4/c1-17-12-19-15-21(36-20-8-10-35-11-9-20)5-6-22(19)27(32(17)16-28(2,3)31)26-23(29)13-18(14-24(26)30)4-7-25(33)34/h5-6,13-15,17,20,27H,4,7-12,16H2,1-3H3,(H,33,34). The summed E-state index contributed by atoms with van der Waals surface area (Å²) < 4.78 is 57.4. The van der Waals surface area contributed by atoms with Crippen molar-refractivity contribution in [3.63, 3.8) is 0 Å². The second-order valence-corrected chi connectivity index (χ2v) is 10.5. The Morgan fingerprint density at radius 1 is 1.17 bits per heavy atom. The predicted molar refractivity (Wildman–Crippen MR) is 130 cm³/mol. The Morgan fingerprint density at radius 3 is 2.44 bits per heavy atom. The van der Waals surface area contributed by atoms with Crippen LogP contribution in [0.1, 0.15) is 68.3 Å². The zero-order valence-corrected chi connectivity index (χ0v) is 21.0. The fraction of sp³-hybridized carbons (Fsp3) is 0.536. The van der Waals surface area contributed by atoms with E-state index in [1.165, 1.54) is 26.0 Å². The van der Waals surface area contributed by atoms with E-state index in [1.807, 2.05) is 30.0 Å². The molecule has 0 spiro atoms. The number of alkyl halides is 1. The number of carboxylic acids is 1. The highest BCUT2D eigenvalue weighted by Crippen LogP contribution is 2.42. The molecule has 0 bridgehead atoms. The molecule has 0 aromatic heterocycles. The Kier molecular flexibility index (Phi) is 7.95. The number of ether oxygens (including phenoxy) is 2. The highest BCUT2D eigenvalue weighted by Gasteiger charge is 2.39. The number of fused-ring (bicyclic) bond motifs is 1. The number of hydrogen-bond donors (Lipinski definition) is 1. The molecule has 2 aliphatic heterocycles. The van der Waals surface area contributed by atoms with Gasteiger partial charge in [0.25, 0.3) is 0 Å². The van der Waals surface area contributed by atoms with Crippen LogP contribution in [-0.2, 0) is 22.4 Å². The molecule has 2 aromatic rings. The summed E-state index contributed by atoms with van der Waals surface area (Å²) in [7, 11) is 0. The van der Waals surface area contributed by atoms with Crippen LogP contribution in [0.3, 0.4) is 0 Å². The van der Waals surface area contributed by atoms with E-state index in [9.17, 15) is 9.18 Å². The van der Waals surface area contributed by atoms with Gasteiger partial charge in [0.05, 0.1) is 19.3 Å². The number of benzene rings is 2. The number of halogens is 3. The molecule has 2 aromatic carbocycles. The smallest absolute Gasteiger partial charge is 0.303 e. The predicted octanol–water partition coefficient (Wildman–Crippen LogP) is 5.62. The van der Waals surface area contributed by atoms with Gasteiger partial charge in [-0.3, -0.25) is 9.69 Å². The minimum Gasteiger partial charge on any atom is -0.490 e. The van der Waals surface area contributed by atoms with Gasteiger partial charge in [-0.15, -0.1) is 0 Å². The van der Waals surface area contributed by atoms with Crippen LogP contribution in [0.25, 0.3) is 0 Å². The maximum Gasteiger partial charge on any atom is 0.303 e. The lowest BCUT2D eigenvalue weighted by Gasteiger charge is -2.44. The monoisotopic (exact) mass is 505 g/mol. The van der Waals surface area contributed by atoms with Crippen LogP contribution in [0.2, 0.25) is 0 Å². The molecule has 0 saturated carbocycles. The normalized spacial score (nSPS) is 21.3. The van der Waals surface area contributed by atoms with E-state index in [2.05, 4.69) is 0 Å². The summed E-state index contributed by atoms with van der Waals surface area (Å²) in [5, 5.41) is 8.93. The SMILES string of the molecule is CC1Cc2cc(OC3CCOCC3)ccc2C(c2c(F)cc(CCC(=O)O)cc2F)N1CC(C)(C)F. The molecule has 1 fully saturated rings. The van der Waals surface area contributed by atoms with Crippen molar-refractivity contribution in [2.24, 2.45) is 0 Å². The third-order valence-corrected chi connectivity index (χ3v) is 6.89. The molecule has 1 N–H and O–H groups in total. The summed E-state index contributed by atoms with van der Waals surface area (Å²) >= 11 is 0. The first-order valence-electron chi connectivity index (χ1n) is 12.5. The molecule has 2 atom stereocenters. The molecule has 5 nitrogen and oxygen atoms in total. The van der Waals surface area contributed by atoms with Crippen molar-refractivity contribution in [1.29, 1.82) is 0 Å². The lowest BCUT2D eigenvalue weighted by Crippen LogP contribution is -2.48. The zero-order chi connectivity index (χ0) is 26.0. The van der Waals surface area contributed by atoms with E-state index >= 15 is 8.78 Å². The highest BCUT2D eigenvalue weighted by atomic mass is 19.1. The van der Waals surface area contributed by atoms with Crippen LogP contribution in [0.5, 0.6) is 5.75 Å². The van der Waals surface area contributed by atoms with Crippen LogP contribution in [0.15, 0.2) is 30.3 Å². The summed E-state index contributed by atoms with van der Waals surface area (Å²) in [6.45, 7) is 6.16. The molecule has 4 rings (SSSR count). The number of carbonyl (C=O) groups is 1. The van der Waals surface area contributed by atoms with E-state index in [-0.39, 0.29) is 42.7 Å². The van der Waals surface area contributed by atoms with Crippen LogP contribution in [0, 0.1) is 11.6 Å². The van der Waals surface area contributed by atoms with E-state index in [0.29, 0.717) is 30.9 Å². The summed E-state index contributed by atoms with van der Waals surface area (Å²) in [4.78, 5) is 12.7. The average molecular weight is 506 g/mol. The number of hydrogen-bond acceptors (Lipinski definition) is 4. The Hall–Kier alpha value is -2.58. The largest absolute Gasteiger partial charge is 0.490 e. The van der Waals surface area contributed by atoms with Crippen molar-refractivity contribution in [3.05, 3.63) is 64.2 Å². The van der Waals surface area contributed by atoms with E-state index in [0.717, 1.165) is 18.4 Å². The molecule has 196 valence electrons. The van der Waals surface area contributed by atoms with Crippen molar-refractivity contribution in [1.82, 2.24) is 4.90 Å². The molecule has 0 aliphatic carbocycles. The Morgan fingerprint density at radius 2 is 1.83 bits per heavy atom. The number of aliphatic carboxylic acids is 1. The second-order valence-electron chi connectivity index (χ2n) is 10.5. The van der Waals surface area contributed by atoms with Crippen LogP contribution < -0.4 is 4.74 Å². The highest BCUT2D eigenvalue weighted by molar-refractivity contribution is 5.67. The van der Waals surface area contributed by atoms with Crippen LogP contribution >= 0.6 is 0 Å². The fourth-order valence-electron chi connectivity index (χ4n) is 5.25. The Labute approximate surface area is 210 Å². The van der Waals surface area contributed by atoms with Gasteiger partial charge in [-0.05, 0) is 74.6 Å². The first-order chi connectivity index (χ1) is 17.0. The van der Waals surface area contributed by atoms with Gasteiger partial charge in [-0.25, -0.2) is 13.2 Å². The molecule has 0 radical (unpaired) electrons. The number of carboxylic acid groups (broad SMARTS) is 1. The number of aryl methyl sites for hydroxylation is 1. The lowest BCUT2D eigenvalue weighted by molar-refractivity contribution is -0.136. The van der Waals surface area contributed by atoms with Gasteiger partial charge < -0.3 is 14.6 Å². The first-order valence-corrected chi connectivity index (χ1v) is 12.5. The van der Waals surface area contributed by atoms with Crippen molar-refractivity contribution in [3.8, 4) is 5.75 Å². The van der Waals surface area contributed by atoms with E-state index < -0.39 is 29.3 Å². The summed E-state index contributed by atoms with van der Waals surface area (Å²) in [6, 6.07) is 6.96. The molecule has 2 aliphatic rings. The number of rotatable bonds is 8. The molecular formula is C28H34F3NO4. The average Bonchev–Trinajstić information content (AvgIpc) is 2.79. The van der Waals surface area contributed by atoms with Crippen molar-refractivity contribution in [2.75, 3.05) is 19.8 Å². The zero-order valence-electron chi connectivity index (χ0n) is 21.0. The molecule has 2 heterocycles. The van der Waals surface area contributed by atoms with Crippen molar-refractivity contribution in [2.45, 2.75) is 76.7 Å². The summed E-state index contributed by atoms with van der Waals surface area (Å²) in [5.74, 6) is -1.85. The lowest BCUT2D eigenvalue weighted by atomic mass is 9.83. The molecule has 36 heavy (non-hydrogen) atoms. The van der Waals surface area contributed by atoms with Gasteiger partial charge >= 0.3 is 5.97 Å². The molecular weight excluding hydrogens is 471 g/mol. The van der Waals surface area contributed by atoms with Crippen molar-refractivity contribution >= 4 is 5.97 Å². The molecule has 2 unspecified atom stereocenters.